The molecule has 4 rings (SSSR count). The summed E-state index contributed by atoms with van der Waals surface area (Å²) in [4.78, 5) is 17.1. The van der Waals surface area contributed by atoms with E-state index in [1.165, 1.54) is 7.11 Å². The van der Waals surface area contributed by atoms with Gasteiger partial charge in [0.2, 0.25) is 0 Å². The van der Waals surface area contributed by atoms with E-state index in [1.54, 1.807) is 41.7 Å². The Morgan fingerprint density at radius 1 is 1.10 bits per heavy atom. The van der Waals surface area contributed by atoms with Crippen LogP contribution in [-0.2, 0) is 0 Å². The van der Waals surface area contributed by atoms with Crippen molar-refractivity contribution in [2.45, 2.75) is 0 Å². The van der Waals surface area contributed by atoms with Crippen LogP contribution in [0, 0.1) is 0 Å². The smallest absolute Gasteiger partial charge is 0.261 e. The molecule has 0 aliphatic carbocycles. The number of nitrogens with one attached hydrogen (secondary N) is 2. The van der Waals surface area contributed by atoms with E-state index in [4.69, 9.17) is 28.6 Å². The summed E-state index contributed by atoms with van der Waals surface area (Å²) in [6.45, 7) is 0. The molecular formula is C22H16ClN3O2S2. The highest BCUT2D eigenvalue weighted by Crippen LogP contribution is 2.35. The first-order chi connectivity index (χ1) is 14.5. The molecule has 0 saturated heterocycles. The predicted molar refractivity (Wildman–Crippen MR) is 127 cm³/mol. The quantitative estimate of drug-likeness (QED) is 0.385. The molecule has 0 aliphatic rings. The highest BCUT2D eigenvalue weighted by atomic mass is 35.5. The molecule has 1 aromatic heterocycles. The Morgan fingerprint density at radius 2 is 1.87 bits per heavy atom. The largest absolute Gasteiger partial charge is 0.496 e. The minimum atomic E-state index is -0.359. The second-order valence-corrected chi connectivity index (χ2v) is 8.14. The predicted octanol–water partition coefficient (Wildman–Crippen LogP) is 5.75. The van der Waals surface area contributed by atoms with Gasteiger partial charge in [-0.3, -0.25) is 10.1 Å². The van der Waals surface area contributed by atoms with E-state index in [1.807, 2.05) is 36.4 Å². The van der Waals surface area contributed by atoms with Crippen molar-refractivity contribution in [1.82, 2.24) is 10.3 Å². The molecular weight excluding hydrogens is 438 g/mol. The number of hydrogen-bond donors (Lipinski definition) is 2. The highest BCUT2D eigenvalue weighted by Gasteiger charge is 2.14. The Balaban J connectivity index is 1.48. The van der Waals surface area contributed by atoms with Gasteiger partial charge in [-0.05, 0) is 54.7 Å². The van der Waals surface area contributed by atoms with Crippen molar-refractivity contribution >= 4 is 62.1 Å². The molecule has 150 valence electrons. The maximum atomic E-state index is 12.5. The SMILES string of the molecule is COc1ccccc1C(=O)NC(=S)Nc1ccc(-c2nc3ccccc3s2)c(Cl)c1. The number of benzene rings is 3. The zero-order valence-corrected chi connectivity index (χ0v) is 18.2. The highest BCUT2D eigenvalue weighted by molar-refractivity contribution is 7.80. The van der Waals surface area contributed by atoms with Crippen molar-refractivity contribution < 1.29 is 9.53 Å². The van der Waals surface area contributed by atoms with Crippen LogP contribution < -0.4 is 15.4 Å². The lowest BCUT2D eigenvalue weighted by molar-refractivity contribution is 0.0975. The standard InChI is InChI=1S/C22H16ClN3O2S2/c1-28-18-8-4-2-6-15(18)20(27)26-22(29)24-13-10-11-14(16(23)12-13)21-25-17-7-3-5-9-19(17)30-21/h2-12H,1H3,(H2,24,26,27,29). The average molecular weight is 454 g/mol. The summed E-state index contributed by atoms with van der Waals surface area (Å²) < 4.78 is 6.31. The summed E-state index contributed by atoms with van der Waals surface area (Å²) in [5, 5.41) is 7.18. The lowest BCUT2D eigenvalue weighted by Crippen LogP contribution is -2.34. The number of methoxy groups -OCH3 is 1. The molecule has 3 aromatic carbocycles. The molecule has 8 heteroatoms. The Kier molecular flexibility index (Phi) is 5.94. The van der Waals surface area contributed by atoms with E-state index < -0.39 is 0 Å². The Hall–Kier alpha value is -3.00. The number of para-hydroxylation sites is 2. The van der Waals surface area contributed by atoms with E-state index in [0.29, 0.717) is 22.0 Å². The molecule has 0 spiro atoms. The molecule has 0 aliphatic heterocycles. The fourth-order valence-corrected chi connectivity index (χ4v) is 4.46. The van der Waals surface area contributed by atoms with Crippen LogP contribution in [0.2, 0.25) is 5.02 Å². The van der Waals surface area contributed by atoms with Gasteiger partial charge in [0.25, 0.3) is 5.91 Å². The van der Waals surface area contributed by atoms with E-state index in [2.05, 4.69) is 15.6 Å². The summed E-state index contributed by atoms with van der Waals surface area (Å²) in [6.07, 6.45) is 0. The third-order valence-electron chi connectivity index (χ3n) is 4.33. The van der Waals surface area contributed by atoms with Gasteiger partial charge in [0.05, 0.1) is 27.9 Å². The van der Waals surface area contributed by atoms with Gasteiger partial charge in [0.1, 0.15) is 10.8 Å². The van der Waals surface area contributed by atoms with Crippen LogP contribution in [0.3, 0.4) is 0 Å². The third-order valence-corrected chi connectivity index (χ3v) is 5.92. The molecule has 1 amide bonds. The average Bonchev–Trinajstić information content (AvgIpc) is 3.17. The van der Waals surface area contributed by atoms with E-state index in [0.717, 1.165) is 20.8 Å². The lowest BCUT2D eigenvalue weighted by atomic mass is 10.2. The monoisotopic (exact) mass is 453 g/mol. The van der Waals surface area contributed by atoms with E-state index >= 15 is 0 Å². The summed E-state index contributed by atoms with van der Waals surface area (Å²) in [5.41, 5.74) is 2.84. The number of hydrogen-bond acceptors (Lipinski definition) is 5. The van der Waals surface area contributed by atoms with Gasteiger partial charge in [-0.2, -0.15) is 0 Å². The number of fused-ring (bicyclic) bond motifs is 1. The molecule has 1 heterocycles. The Labute approximate surface area is 187 Å². The summed E-state index contributed by atoms with van der Waals surface area (Å²) in [5.74, 6) is 0.114. The van der Waals surface area contributed by atoms with Crippen molar-refractivity contribution in [3.63, 3.8) is 0 Å². The minimum Gasteiger partial charge on any atom is -0.496 e. The zero-order chi connectivity index (χ0) is 21.1. The van der Waals surface area contributed by atoms with Crippen LogP contribution in [0.15, 0.2) is 66.7 Å². The summed E-state index contributed by atoms with van der Waals surface area (Å²) in [6, 6.07) is 20.4. The molecule has 4 aromatic rings. The maximum absolute atomic E-state index is 12.5. The molecule has 5 nitrogen and oxygen atoms in total. The molecule has 0 saturated carbocycles. The van der Waals surface area contributed by atoms with Gasteiger partial charge in [0, 0.05) is 11.3 Å². The van der Waals surface area contributed by atoms with Crippen molar-refractivity contribution in [3.05, 3.63) is 77.3 Å². The first kappa shape index (κ1) is 20.3. The van der Waals surface area contributed by atoms with E-state index in [-0.39, 0.29) is 11.0 Å². The van der Waals surface area contributed by atoms with Crippen LogP contribution in [0.1, 0.15) is 10.4 Å². The maximum Gasteiger partial charge on any atom is 0.261 e. The van der Waals surface area contributed by atoms with Crippen molar-refractivity contribution in [2.24, 2.45) is 0 Å². The van der Waals surface area contributed by atoms with Crippen LogP contribution in [0.25, 0.3) is 20.8 Å². The molecule has 0 fully saturated rings. The number of halogens is 1. The van der Waals surface area contributed by atoms with Gasteiger partial charge in [0.15, 0.2) is 5.11 Å². The number of nitrogens with zero attached hydrogens (tertiary/aromatic N) is 1. The van der Waals surface area contributed by atoms with Gasteiger partial charge in [-0.25, -0.2) is 4.98 Å². The zero-order valence-electron chi connectivity index (χ0n) is 15.8. The number of thiazole rings is 1. The molecule has 30 heavy (non-hydrogen) atoms. The number of rotatable bonds is 4. The number of carbonyl (C=O) groups excluding carboxylic acids is 1. The molecule has 0 unspecified atom stereocenters. The number of amides is 1. The van der Waals surface area contributed by atoms with Crippen LogP contribution >= 0.6 is 35.2 Å². The van der Waals surface area contributed by atoms with Gasteiger partial charge < -0.3 is 10.1 Å². The molecule has 0 bridgehead atoms. The van der Waals surface area contributed by atoms with Gasteiger partial charge in [-0.15, -0.1) is 11.3 Å². The first-order valence-electron chi connectivity index (χ1n) is 8.96. The van der Waals surface area contributed by atoms with Gasteiger partial charge in [-0.1, -0.05) is 35.9 Å². The van der Waals surface area contributed by atoms with Gasteiger partial charge >= 0.3 is 0 Å². The topological polar surface area (TPSA) is 63.2 Å². The Morgan fingerprint density at radius 3 is 2.63 bits per heavy atom. The van der Waals surface area contributed by atoms with Crippen LogP contribution in [0.4, 0.5) is 5.69 Å². The van der Waals surface area contributed by atoms with Crippen molar-refractivity contribution in [1.29, 1.82) is 0 Å². The Bertz CT molecular complexity index is 1220. The molecule has 0 radical (unpaired) electrons. The number of ether oxygens (including phenoxy) is 1. The number of thiocarbonyl (C=S) groups is 1. The van der Waals surface area contributed by atoms with Crippen molar-refractivity contribution in [2.75, 3.05) is 12.4 Å². The summed E-state index contributed by atoms with van der Waals surface area (Å²) in [7, 11) is 1.51. The normalized spacial score (nSPS) is 10.6. The summed E-state index contributed by atoms with van der Waals surface area (Å²) >= 11 is 13.3. The fraction of sp³-hybridized carbons (Fsp3) is 0.0455. The van der Waals surface area contributed by atoms with Crippen LogP contribution in [-0.4, -0.2) is 23.1 Å². The van der Waals surface area contributed by atoms with Crippen LogP contribution in [0.5, 0.6) is 5.75 Å². The number of aromatic nitrogens is 1. The first-order valence-corrected chi connectivity index (χ1v) is 10.6. The fourth-order valence-electron chi connectivity index (χ4n) is 2.92. The molecule has 2 N–H and O–H groups in total. The number of anilines is 1. The van der Waals surface area contributed by atoms with E-state index in [9.17, 15) is 4.79 Å². The second kappa shape index (κ2) is 8.79. The second-order valence-electron chi connectivity index (χ2n) is 6.29. The minimum absolute atomic E-state index is 0.162. The molecule has 0 atom stereocenters. The third kappa shape index (κ3) is 4.28. The lowest BCUT2D eigenvalue weighted by Gasteiger charge is -2.12. The van der Waals surface area contributed by atoms with Crippen molar-refractivity contribution in [3.8, 4) is 16.3 Å². The number of carbonyl (C=O) groups is 1.